The molecule has 3 aromatic heterocycles. The summed E-state index contributed by atoms with van der Waals surface area (Å²) in [4.78, 5) is 8.66. The first-order valence-electron chi connectivity index (χ1n) is 9.14. The van der Waals surface area contributed by atoms with Crippen LogP contribution < -0.4 is 4.98 Å². The average molecular weight is 558 g/mol. The minimum atomic E-state index is 0. The summed E-state index contributed by atoms with van der Waals surface area (Å²) in [6.07, 6.45) is 9.65. The minimum absolute atomic E-state index is 0. The molecular formula is C24H21IrN4-. The van der Waals surface area contributed by atoms with Gasteiger partial charge in [0.2, 0.25) is 0 Å². The number of fused-ring (bicyclic) bond motifs is 1. The number of aryl methyl sites for hydroxylation is 2. The summed E-state index contributed by atoms with van der Waals surface area (Å²) >= 11 is 0. The van der Waals surface area contributed by atoms with Gasteiger partial charge in [-0.25, -0.2) is 4.57 Å². The first-order chi connectivity index (χ1) is 13.7. The van der Waals surface area contributed by atoms with E-state index < -0.39 is 0 Å². The maximum Gasteiger partial charge on any atom is 0.163 e. The minimum Gasteiger partial charge on any atom is -0.662 e. The van der Waals surface area contributed by atoms with Gasteiger partial charge >= 0.3 is 0 Å². The van der Waals surface area contributed by atoms with Gasteiger partial charge in [-0.15, -0.1) is 17.8 Å². The summed E-state index contributed by atoms with van der Waals surface area (Å²) < 4.78 is 4.05. The van der Waals surface area contributed by atoms with Crippen molar-refractivity contribution in [1.82, 2.24) is 19.1 Å². The first kappa shape index (κ1) is 20.7. The Kier molecular flexibility index (Phi) is 6.76. The second kappa shape index (κ2) is 9.46. The Morgan fingerprint density at radius 1 is 1.00 bits per heavy atom. The van der Waals surface area contributed by atoms with Crippen LogP contribution >= 0.6 is 0 Å². The van der Waals surface area contributed by atoms with E-state index in [1.54, 1.807) is 6.20 Å². The Bertz CT molecular complexity index is 1170. The molecule has 0 aliphatic rings. The molecular weight excluding hydrogens is 537 g/mol. The van der Waals surface area contributed by atoms with Crippen LogP contribution in [0.15, 0.2) is 91.8 Å². The normalized spacial score (nSPS) is 10.1. The Morgan fingerprint density at radius 2 is 1.86 bits per heavy atom. The molecule has 0 unspecified atom stereocenters. The van der Waals surface area contributed by atoms with Crippen LogP contribution in [0.5, 0.6) is 0 Å². The maximum atomic E-state index is 4.39. The molecule has 1 radical (unpaired) electrons. The summed E-state index contributed by atoms with van der Waals surface area (Å²) in [7, 11) is 2.00. The molecule has 147 valence electrons. The van der Waals surface area contributed by atoms with E-state index in [9.17, 15) is 0 Å². The topological polar surface area (TPSA) is 36.9 Å². The van der Waals surface area contributed by atoms with Crippen LogP contribution in [0.3, 0.4) is 0 Å². The van der Waals surface area contributed by atoms with E-state index in [1.165, 1.54) is 10.9 Å². The molecule has 0 amide bonds. The maximum absolute atomic E-state index is 4.39. The molecule has 5 aromatic rings. The summed E-state index contributed by atoms with van der Waals surface area (Å²) in [5.74, 6) is 0. The molecule has 4 nitrogen and oxygen atoms in total. The van der Waals surface area contributed by atoms with Gasteiger partial charge in [0.05, 0.1) is 5.69 Å². The Labute approximate surface area is 184 Å². The summed E-state index contributed by atoms with van der Waals surface area (Å²) in [5.41, 5.74) is 4.20. The number of hydrogen-bond donors (Lipinski definition) is 0. The van der Waals surface area contributed by atoms with Crippen molar-refractivity contribution in [3.63, 3.8) is 0 Å². The zero-order valence-corrected chi connectivity index (χ0v) is 18.7. The van der Waals surface area contributed by atoms with Crippen molar-refractivity contribution in [2.75, 3.05) is 0 Å². The predicted octanol–water partition coefficient (Wildman–Crippen LogP) is 5.06. The molecule has 0 N–H and O–H groups in total. The van der Waals surface area contributed by atoms with Crippen LogP contribution in [0, 0.1) is 13.0 Å². The molecule has 29 heavy (non-hydrogen) atoms. The fourth-order valence-corrected chi connectivity index (χ4v) is 3.01. The number of hydrogen-bond acceptors (Lipinski definition) is 1. The van der Waals surface area contributed by atoms with Crippen molar-refractivity contribution in [3.05, 3.63) is 103 Å². The van der Waals surface area contributed by atoms with Gasteiger partial charge in [-0.05, 0) is 11.5 Å². The molecule has 0 aliphatic heterocycles. The van der Waals surface area contributed by atoms with Crippen molar-refractivity contribution in [3.8, 4) is 17.1 Å². The average Bonchev–Trinajstić information content (AvgIpc) is 3.41. The smallest absolute Gasteiger partial charge is 0.163 e. The van der Waals surface area contributed by atoms with Gasteiger partial charge in [0, 0.05) is 44.4 Å². The fourth-order valence-electron chi connectivity index (χ4n) is 3.01. The predicted molar refractivity (Wildman–Crippen MR) is 113 cm³/mol. The second-order valence-corrected chi connectivity index (χ2v) is 6.64. The van der Waals surface area contributed by atoms with Crippen LogP contribution in [0.1, 0.15) is 5.56 Å². The van der Waals surface area contributed by atoms with Crippen molar-refractivity contribution in [1.29, 1.82) is 0 Å². The molecule has 5 rings (SSSR count). The number of pyridine rings is 1. The molecule has 2 aromatic carbocycles. The first-order valence-corrected chi connectivity index (χ1v) is 9.14. The SMILES string of the molecule is Cc1c[c-]c(-n2ccn(C)[cH+]2)cc1.[Ir].c1c[n-]c(-c2nccc3ccccc23)c1. The standard InChI is InChI=1S/C13H9N2.C11H12N2.Ir/c1-2-5-11-10(4-1)7-9-15-13(11)12-6-3-8-14-12;1-10-3-5-11(6-4-10)13-8-7-12(2)9-13;/h1-9H;3-5,7-9H,1-2H3;/q-1;;. The third kappa shape index (κ3) is 4.89. The molecule has 0 atom stereocenters. The summed E-state index contributed by atoms with van der Waals surface area (Å²) in [6.45, 7) is 2.07. The van der Waals surface area contributed by atoms with Crippen LogP contribution in [-0.4, -0.2) is 14.1 Å². The summed E-state index contributed by atoms with van der Waals surface area (Å²) in [5, 5.41) is 2.35. The number of aromatic nitrogens is 4. The Balaban J connectivity index is 0.000000162. The molecule has 0 saturated heterocycles. The number of benzene rings is 2. The van der Waals surface area contributed by atoms with Crippen LogP contribution in [0.25, 0.3) is 27.8 Å². The van der Waals surface area contributed by atoms with E-state index in [0.29, 0.717) is 0 Å². The molecule has 0 aliphatic carbocycles. The van der Waals surface area contributed by atoms with E-state index in [-0.39, 0.29) is 20.1 Å². The van der Waals surface area contributed by atoms with Crippen molar-refractivity contribution in [2.24, 2.45) is 7.05 Å². The zero-order valence-electron chi connectivity index (χ0n) is 16.3. The quantitative estimate of drug-likeness (QED) is 0.285. The summed E-state index contributed by atoms with van der Waals surface area (Å²) in [6, 6.07) is 23.5. The van der Waals surface area contributed by atoms with Crippen molar-refractivity contribution in [2.45, 2.75) is 6.92 Å². The van der Waals surface area contributed by atoms with Crippen molar-refractivity contribution < 1.29 is 20.1 Å². The monoisotopic (exact) mass is 558 g/mol. The third-order valence-corrected chi connectivity index (χ3v) is 4.47. The Hall–Kier alpha value is -3.01. The molecule has 5 heteroatoms. The van der Waals surface area contributed by atoms with E-state index >= 15 is 0 Å². The van der Waals surface area contributed by atoms with Gasteiger partial charge in [-0.2, -0.15) is 23.9 Å². The van der Waals surface area contributed by atoms with E-state index in [1.807, 2.05) is 77.5 Å². The molecule has 3 heterocycles. The van der Waals surface area contributed by atoms with Crippen LogP contribution in [0.2, 0.25) is 0 Å². The second-order valence-electron chi connectivity index (χ2n) is 6.64. The van der Waals surface area contributed by atoms with Gasteiger partial charge in [0.1, 0.15) is 12.4 Å². The van der Waals surface area contributed by atoms with E-state index in [0.717, 1.165) is 22.5 Å². The molecule has 0 saturated carbocycles. The molecule has 0 fully saturated rings. The van der Waals surface area contributed by atoms with Crippen LogP contribution in [0.4, 0.5) is 0 Å². The number of imidazole rings is 1. The van der Waals surface area contributed by atoms with Crippen molar-refractivity contribution >= 4 is 10.8 Å². The molecule has 0 spiro atoms. The number of nitrogens with zero attached hydrogens (tertiary/aromatic N) is 4. The van der Waals surface area contributed by atoms with E-state index in [4.69, 9.17) is 0 Å². The van der Waals surface area contributed by atoms with Crippen LogP contribution in [-0.2, 0) is 27.2 Å². The molecule has 0 bridgehead atoms. The largest absolute Gasteiger partial charge is 0.662 e. The van der Waals surface area contributed by atoms with Gasteiger partial charge in [-0.3, -0.25) is 9.55 Å². The fraction of sp³-hybridized carbons (Fsp3) is 0.0833. The van der Waals surface area contributed by atoms with E-state index in [2.05, 4.69) is 47.2 Å². The van der Waals surface area contributed by atoms with Gasteiger partial charge in [-0.1, -0.05) is 43.3 Å². The number of rotatable bonds is 2. The van der Waals surface area contributed by atoms with Gasteiger partial charge < -0.3 is 4.98 Å². The third-order valence-electron chi connectivity index (χ3n) is 4.47. The zero-order chi connectivity index (χ0) is 19.3. The van der Waals surface area contributed by atoms with Gasteiger partial charge in [0.15, 0.2) is 6.33 Å². The van der Waals surface area contributed by atoms with Gasteiger partial charge in [0.25, 0.3) is 0 Å². The Morgan fingerprint density at radius 3 is 2.55 bits per heavy atom.